The second kappa shape index (κ2) is 7.03. The van der Waals surface area contributed by atoms with Crippen LogP contribution in [0.2, 0.25) is 0 Å². The largest absolute Gasteiger partial charge is 0.374 e. The lowest BCUT2D eigenvalue weighted by atomic mass is 9.80. The summed E-state index contributed by atoms with van der Waals surface area (Å²) < 4.78 is 28.4. The smallest absolute Gasteiger partial charge is 0.260 e. The first kappa shape index (κ1) is 17.0. The fraction of sp³-hybridized carbons (Fsp3) is 0.778. The van der Waals surface area contributed by atoms with E-state index < -0.39 is 5.67 Å². The zero-order valence-electron chi connectivity index (χ0n) is 14.5. The van der Waals surface area contributed by atoms with Crippen molar-refractivity contribution in [1.29, 1.82) is 0 Å². The lowest BCUT2D eigenvalue weighted by Crippen LogP contribution is -2.53. The van der Waals surface area contributed by atoms with Gasteiger partial charge in [-0.05, 0) is 44.6 Å². The molecule has 1 aliphatic carbocycles. The highest BCUT2D eigenvalue weighted by Crippen LogP contribution is 2.41. The summed E-state index contributed by atoms with van der Waals surface area (Å²) in [5.41, 5.74) is -1.64. The van der Waals surface area contributed by atoms with Gasteiger partial charge in [-0.3, -0.25) is 9.48 Å². The maximum Gasteiger partial charge on any atom is 0.260 e. The molecule has 4 rings (SSSR count). The fourth-order valence-corrected chi connectivity index (χ4v) is 4.14. The van der Waals surface area contributed by atoms with Crippen LogP contribution in [0.3, 0.4) is 0 Å². The minimum absolute atomic E-state index is 0.0365. The number of ether oxygens (including phenoxy) is 2. The van der Waals surface area contributed by atoms with Gasteiger partial charge in [-0.2, -0.15) is 5.10 Å². The van der Waals surface area contributed by atoms with Crippen molar-refractivity contribution in [2.45, 2.75) is 69.0 Å². The predicted molar refractivity (Wildman–Crippen MR) is 88.7 cm³/mol. The van der Waals surface area contributed by atoms with Gasteiger partial charge in [0.05, 0.1) is 12.6 Å². The van der Waals surface area contributed by atoms with Crippen LogP contribution in [0.4, 0.5) is 4.39 Å². The van der Waals surface area contributed by atoms with Crippen LogP contribution >= 0.6 is 0 Å². The number of carbonyl (C=O) groups is 1. The topological polar surface area (TPSA) is 56.6 Å². The van der Waals surface area contributed by atoms with Gasteiger partial charge in [0, 0.05) is 32.2 Å². The van der Waals surface area contributed by atoms with E-state index in [-0.39, 0.29) is 24.2 Å². The maximum absolute atomic E-state index is 14.6. The molecule has 1 aromatic rings. The molecule has 7 heteroatoms. The van der Waals surface area contributed by atoms with E-state index in [9.17, 15) is 9.18 Å². The molecule has 3 fully saturated rings. The van der Waals surface area contributed by atoms with Gasteiger partial charge in [0.2, 0.25) is 0 Å². The van der Waals surface area contributed by atoms with Crippen LogP contribution in [0.25, 0.3) is 0 Å². The van der Waals surface area contributed by atoms with Gasteiger partial charge < -0.3 is 14.4 Å². The molecule has 3 aliphatic rings. The summed E-state index contributed by atoms with van der Waals surface area (Å²) in [7, 11) is 0. The summed E-state index contributed by atoms with van der Waals surface area (Å²) in [6.45, 7) is 2.52. The molecule has 2 saturated heterocycles. The molecule has 1 aromatic heterocycles. The number of alkyl halides is 1. The zero-order valence-corrected chi connectivity index (χ0v) is 14.5. The van der Waals surface area contributed by atoms with Crippen LogP contribution < -0.4 is 0 Å². The van der Waals surface area contributed by atoms with Crippen molar-refractivity contribution in [3.63, 3.8) is 0 Å². The molecule has 0 unspecified atom stereocenters. The Balaban J connectivity index is 1.34. The van der Waals surface area contributed by atoms with Gasteiger partial charge in [-0.1, -0.05) is 0 Å². The molecule has 3 heterocycles. The minimum atomic E-state index is -1.64. The predicted octanol–water partition coefficient (Wildman–Crippen LogP) is 1.94. The number of amides is 1. The van der Waals surface area contributed by atoms with Gasteiger partial charge >= 0.3 is 0 Å². The molecule has 0 bridgehead atoms. The van der Waals surface area contributed by atoms with Gasteiger partial charge in [0.1, 0.15) is 12.2 Å². The van der Waals surface area contributed by atoms with Gasteiger partial charge in [0.25, 0.3) is 5.91 Å². The van der Waals surface area contributed by atoms with Crippen molar-refractivity contribution in [1.82, 2.24) is 14.7 Å². The molecule has 0 radical (unpaired) electrons. The highest BCUT2D eigenvalue weighted by molar-refractivity contribution is 5.86. The summed E-state index contributed by atoms with van der Waals surface area (Å²) in [6.07, 6.45) is 7.55. The first-order valence-corrected chi connectivity index (χ1v) is 9.38. The first-order valence-electron chi connectivity index (χ1n) is 9.38. The molecular formula is C18H26FN3O3. The molecule has 138 valence electrons. The van der Waals surface area contributed by atoms with Crippen LogP contribution in [-0.2, 0) is 20.8 Å². The molecule has 1 saturated carbocycles. The fourth-order valence-electron chi connectivity index (χ4n) is 4.14. The molecule has 1 amide bonds. The van der Waals surface area contributed by atoms with E-state index in [0.717, 1.165) is 32.2 Å². The van der Waals surface area contributed by atoms with Crippen molar-refractivity contribution in [2.75, 3.05) is 19.8 Å². The van der Waals surface area contributed by atoms with Gasteiger partial charge in [0.15, 0.2) is 5.67 Å². The molecule has 2 aliphatic heterocycles. The second-order valence-electron chi connectivity index (χ2n) is 7.35. The Morgan fingerprint density at radius 2 is 2.28 bits per heavy atom. The van der Waals surface area contributed by atoms with Crippen molar-refractivity contribution in [2.24, 2.45) is 0 Å². The van der Waals surface area contributed by atoms with E-state index in [1.807, 2.05) is 16.9 Å². The summed E-state index contributed by atoms with van der Waals surface area (Å²) in [5.74, 6) is -0.345. The number of aryl methyl sites for hydroxylation is 1. The highest BCUT2D eigenvalue weighted by atomic mass is 19.1. The number of aromatic nitrogens is 2. The number of hydrogen-bond acceptors (Lipinski definition) is 4. The molecular weight excluding hydrogens is 325 g/mol. The maximum atomic E-state index is 14.6. The highest BCUT2D eigenvalue weighted by Gasteiger charge is 2.54. The van der Waals surface area contributed by atoms with Gasteiger partial charge in [-0.25, -0.2) is 4.39 Å². The van der Waals surface area contributed by atoms with E-state index >= 15 is 0 Å². The Morgan fingerprint density at radius 1 is 1.40 bits per heavy atom. The Kier molecular flexibility index (Phi) is 4.78. The van der Waals surface area contributed by atoms with Crippen LogP contribution in [0.1, 0.15) is 38.5 Å². The zero-order chi connectivity index (χ0) is 17.3. The number of hydrogen-bond donors (Lipinski definition) is 0. The third-order valence-corrected chi connectivity index (χ3v) is 5.69. The molecule has 0 N–H and O–H groups in total. The van der Waals surface area contributed by atoms with E-state index in [0.29, 0.717) is 32.6 Å². The number of halogens is 1. The Bertz CT molecular complexity index is 590. The lowest BCUT2D eigenvalue weighted by molar-refractivity contribution is -0.153. The van der Waals surface area contributed by atoms with Gasteiger partial charge in [-0.15, -0.1) is 0 Å². The minimum Gasteiger partial charge on any atom is -0.374 e. The van der Waals surface area contributed by atoms with E-state index in [1.54, 1.807) is 11.1 Å². The summed E-state index contributed by atoms with van der Waals surface area (Å²) in [5, 5.41) is 4.17. The van der Waals surface area contributed by atoms with Crippen molar-refractivity contribution < 1.29 is 18.7 Å². The summed E-state index contributed by atoms with van der Waals surface area (Å²) >= 11 is 0. The van der Waals surface area contributed by atoms with Crippen molar-refractivity contribution in [3.8, 4) is 0 Å². The number of carbonyl (C=O) groups excluding carboxylic acids is 1. The van der Waals surface area contributed by atoms with Crippen LogP contribution in [0, 0.1) is 0 Å². The number of nitrogens with zero attached hydrogens (tertiary/aromatic N) is 3. The first-order chi connectivity index (χ1) is 12.2. The third-order valence-electron chi connectivity index (χ3n) is 5.69. The Morgan fingerprint density at radius 3 is 3.00 bits per heavy atom. The lowest BCUT2D eigenvalue weighted by Gasteiger charge is -2.39. The Labute approximate surface area is 147 Å². The van der Waals surface area contributed by atoms with Crippen molar-refractivity contribution >= 4 is 5.91 Å². The number of rotatable bonds is 6. The summed E-state index contributed by atoms with van der Waals surface area (Å²) in [6, 6.07) is 1.86. The quantitative estimate of drug-likeness (QED) is 0.735. The molecule has 3 atom stereocenters. The van der Waals surface area contributed by atoms with Crippen LogP contribution in [0.15, 0.2) is 18.5 Å². The van der Waals surface area contributed by atoms with E-state index in [1.165, 1.54) is 0 Å². The average Bonchev–Trinajstić information content (AvgIpc) is 3.24. The molecule has 0 spiro atoms. The van der Waals surface area contributed by atoms with Crippen LogP contribution in [0.5, 0.6) is 0 Å². The molecule has 25 heavy (non-hydrogen) atoms. The second-order valence-corrected chi connectivity index (χ2v) is 7.35. The molecule has 0 aromatic carbocycles. The molecule has 6 nitrogen and oxygen atoms in total. The number of fused-ring (bicyclic) bond motifs is 1. The van der Waals surface area contributed by atoms with Crippen molar-refractivity contribution in [3.05, 3.63) is 18.5 Å². The SMILES string of the molecule is O=C(N1C[C@H](OCCCn2cccn2)[C@H]2OCCC[C@H]21)C1(F)CCC1. The standard InChI is InChI=1S/C18H26FN3O3/c19-18(6-2-7-18)17(23)22-13-15(16-14(22)5-1-11-25-16)24-12-4-10-21-9-3-8-20-21/h3,8-9,14-16H,1-2,4-7,10-13H2/t14-,15+,16+/m1/s1. The monoisotopic (exact) mass is 351 g/mol. The average molecular weight is 351 g/mol. The summed E-state index contributed by atoms with van der Waals surface area (Å²) in [4.78, 5) is 14.4. The Hall–Kier alpha value is -1.47. The van der Waals surface area contributed by atoms with E-state index in [2.05, 4.69) is 5.10 Å². The normalized spacial score (nSPS) is 30.8. The van der Waals surface area contributed by atoms with E-state index in [4.69, 9.17) is 9.47 Å². The van der Waals surface area contributed by atoms with Crippen LogP contribution in [-0.4, -0.2) is 64.3 Å². The number of likely N-dealkylation sites (tertiary alicyclic amines) is 1. The third kappa shape index (κ3) is 3.31.